The maximum atomic E-state index is 11.8. The van der Waals surface area contributed by atoms with Gasteiger partial charge in [0, 0.05) is 12.7 Å². The van der Waals surface area contributed by atoms with Crippen molar-refractivity contribution in [2.24, 2.45) is 5.73 Å². The Morgan fingerprint density at radius 3 is 2.72 bits per heavy atom. The molecule has 0 bridgehead atoms. The molecule has 18 heavy (non-hydrogen) atoms. The molecule has 1 aromatic rings. The summed E-state index contributed by atoms with van der Waals surface area (Å²) in [6.07, 6.45) is 0. The number of hydrogen-bond acceptors (Lipinski definition) is 4. The van der Waals surface area contributed by atoms with E-state index in [9.17, 15) is 8.42 Å². The van der Waals surface area contributed by atoms with E-state index in [1.165, 1.54) is 7.11 Å². The average Bonchev–Trinajstić information content (AvgIpc) is 2.25. The molecule has 0 amide bonds. The van der Waals surface area contributed by atoms with Gasteiger partial charge in [-0.25, -0.2) is 8.42 Å². The largest absolute Gasteiger partial charge is 0.389 e. The summed E-state index contributed by atoms with van der Waals surface area (Å²) in [7, 11) is -2.01. The Morgan fingerprint density at radius 2 is 2.17 bits per heavy atom. The van der Waals surface area contributed by atoms with Crippen molar-refractivity contribution in [1.82, 2.24) is 0 Å². The molecular weight excluding hydrogens is 272 g/mol. The minimum atomic E-state index is -3.46. The zero-order valence-corrected chi connectivity index (χ0v) is 11.9. The molecule has 0 heterocycles. The van der Waals surface area contributed by atoms with Gasteiger partial charge in [0.1, 0.15) is 4.99 Å². The summed E-state index contributed by atoms with van der Waals surface area (Å²) in [5.74, 6) is -0.117. The van der Waals surface area contributed by atoms with E-state index in [2.05, 4.69) is 4.72 Å². The van der Waals surface area contributed by atoms with Crippen molar-refractivity contribution in [2.45, 2.75) is 6.92 Å². The molecule has 1 rings (SSSR count). The fraction of sp³-hybridized carbons (Fsp3) is 0.364. The van der Waals surface area contributed by atoms with Gasteiger partial charge in [-0.15, -0.1) is 0 Å². The molecule has 0 aliphatic rings. The van der Waals surface area contributed by atoms with Gasteiger partial charge in [0.05, 0.1) is 18.0 Å². The van der Waals surface area contributed by atoms with Gasteiger partial charge in [-0.2, -0.15) is 0 Å². The number of anilines is 1. The van der Waals surface area contributed by atoms with Gasteiger partial charge in [0.2, 0.25) is 10.0 Å². The summed E-state index contributed by atoms with van der Waals surface area (Å²) < 4.78 is 30.8. The van der Waals surface area contributed by atoms with E-state index in [1.54, 1.807) is 12.1 Å². The van der Waals surface area contributed by atoms with Crippen LogP contribution in [-0.2, 0) is 14.8 Å². The number of thiocarbonyl (C=S) groups is 1. The second-order valence-electron chi connectivity index (χ2n) is 3.78. The Hall–Kier alpha value is -1.18. The first-order valence-electron chi connectivity index (χ1n) is 5.26. The van der Waals surface area contributed by atoms with Gasteiger partial charge in [-0.3, -0.25) is 4.72 Å². The third kappa shape index (κ3) is 3.94. The fourth-order valence-corrected chi connectivity index (χ4v) is 2.76. The zero-order valence-electron chi connectivity index (χ0n) is 10.3. The lowest BCUT2D eigenvalue weighted by molar-refractivity contribution is 0.217. The van der Waals surface area contributed by atoms with Crippen molar-refractivity contribution < 1.29 is 13.2 Å². The van der Waals surface area contributed by atoms with Crippen molar-refractivity contribution >= 4 is 32.9 Å². The van der Waals surface area contributed by atoms with Crippen molar-refractivity contribution in [3.63, 3.8) is 0 Å². The standard InChI is InChI=1S/C11H16N2O3S2/c1-8-4-3-5-9(10(8)11(12)17)13-18(14,15)7-6-16-2/h3-5,13H,6-7H2,1-2H3,(H2,12,17). The number of ether oxygens (including phenoxy) is 1. The van der Waals surface area contributed by atoms with Crippen LogP contribution in [0, 0.1) is 6.92 Å². The molecule has 0 atom stereocenters. The lowest BCUT2D eigenvalue weighted by Crippen LogP contribution is -2.22. The number of sulfonamides is 1. The molecule has 0 unspecified atom stereocenters. The number of nitrogens with one attached hydrogen (secondary N) is 1. The van der Waals surface area contributed by atoms with E-state index in [1.807, 2.05) is 13.0 Å². The summed E-state index contributed by atoms with van der Waals surface area (Å²) >= 11 is 4.93. The molecule has 0 radical (unpaired) electrons. The first kappa shape index (κ1) is 14.9. The van der Waals surface area contributed by atoms with Crippen molar-refractivity contribution in [1.29, 1.82) is 0 Å². The molecule has 3 N–H and O–H groups in total. The normalized spacial score (nSPS) is 11.2. The monoisotopic (exact) mass is 288 g/mol. The van der Waals surface area contributed by atoms with Crippen molar-refractivity contribution in [3.05, 3.63) is 29.3 Å². The quantitative estimate of drug-likeness (QED) is 0.764. The number of methoxy groups -OCH3 is 1. The first-order chi connectivity index (χ1) is 8.37. The third-order valence-corrected chi connectivity index (χ3v) is 3.78. The molecule has 0 spiro atoms. The second kappa shape index (κ2) is 6.12. The predicted octanol–water partition coefficient (Wildman–Crippen LogP) is 1.02. The number of benzene rings is 1. The van der Waals surface area contributed by atoms with Crippen LogP contribution in [0.5, 0.6) is 0 Å². The molecule has 0 aliphatic carbocycles. The lowest BCUT2D eigenvalue weighted by atomic mass is 10.1. The van der Waals surface area contributed by atoms with E-state index in [4.69, 9.17) is 22.7 Å². The number of hydrogen-bond donors (Lipinski definition) is 2. The lowest BCUT2D eigenvalue weighted by Gasteiger charge is -2.13. The van der Waals surface area contributed by atoms with Crippen LogP contribution in [0.4, 0.5) is 5.69 Å². The Labute approximate surface area is 112 Å². The molecule has 1 aromatic carbocycles. The van der Waals surface area contributed by atoms with Gasteiger partial charge in [0.25, 0.3) is 0 Å². The van der Waals surface area contributed by atoms with E-state index < -0.39 is 10.0 Å². The highest BCUT2D eigenvalue weighted by atomic mass is 32.2. The summed E-state index contributed by atoms with van der Waals surface area (Å²) in [6, 6.07) is 5.19. The van der Waals surface area contributed by atoms with Crippen LogP contribution in [-0.4, -0.2) is 32.9 Å². The minimum Gasteiger partial charge on any atom is -0.389 e. The Kier molecular flexibility index (Phi) is 5.06. The molecule has 5 nitrogen and oxygen atoms in total. The smallest absolute Gasteiger partial charge is 0.235 e. The molecule has 100 valence electrons. The topological polar surface area (TPSA) is 81.4 Å². The summed E-state index contributed by atoms with van der Waals surface area (Å²) in [6.45, 7) is 1.95. The molecule has 7 heteroatoms. The first-order valence-corrected chi connectivity index (χ1v) is 7.32. The summed E-state index contributed by atoms with van der Waals surface area (Å²) in [5.41, 5.74) is 7.39. The van der Waals surface area contributed by atoms with Crippen molar-refractivity contribution in [3.8, 4) is 0 Å². The summed E-state index contributed by atoms with van der Waals surface area (Å²) in [4.78, 5) is 0.164. The molecule has 0 aliphatic heterocycles. The maximum absolute atomic E-state index is 11.8. The van der Waals surface area contributed by atoms with Crippen LogP contribution in [0.1, 0.15) is 11.1 Å². The summed E-state index contributed by atoms with van der Waals surface area (Å²) in [5, 5.41) is 0. The van der Waals surface area contributed by atoms with E-state index in [0.29, 0.717) is 11.3 Å². The molecular formula is C11H16N2O3S2. The van der Waals surface area contributed by atoms with Crippen LogP contribution >= 0.6 is 12.2 Å². The van der Waals surface area contributed by atoms with E-state index in [-0.39, 0.29) is 17.3 Å². The maximum Gasteiger partial charge on any atom is 0.235 e. The number of nitrogens with two attached hydrogens (primary N) is 1. The minimum absolute atomic E-state index is 0.117. The Bertz CT molecular complexity index is 541. The van der Waals surface area contributed by atoms with Gasteiger partial charge >= 0.3 is 0 Å². The van der Waals surface area contributed by atoms with Gasteiger partial charge in [-0.05, 0) is 18.6 Å². The Morgan fingerprint density at radius 1 is 1.50 bits per heavy atom. The predicted molar refractivity (Wildman–Crippen MR) is 76.4 cm³/mol. The molecule has 0 saturated carbocycles. The van der Waals surface area contributed by atoms with Crippen LogP contribution in [0.25, 0.3) is 0 Å². The highest BCUT2D eigenvalue weighted by Crippen LogP contribution is 2.20. The average molecular weight is 288 g/mol. The number of aryl methyl sites for hydroxylation is 1. The molecule has 0 fully saturated rings. The molecule has 0 aromatic heterocycles. The third-order valence-electron chi connectivity index (χ3n) is 2.34. The van der Waals surface area contributed by atoms with Crippen LogP contribution in [0.15, 0.2) is 18.2 Å². The van der Waals surface area contributed by atoms with E-state index >= 15 is 0 Å². The fourth-order valence-electron chi connectivity index (χ4n) is 1.49. The van der Waals surface area contributed by atoms with Crippen LogP contribution in [0.3, 0.4) is 0 Å². The van der Waals surface area contributed by atoms with Crippen LogP contribution < -0.4 is 10.5 Å². The van der Waals surface area contributed by atoms with E-state index in [0.717, 1.165) is 5.56 Å². The molecule has 0 saturated heterocycles. The van der Waals surface area contributed by atoms with Gasteiger partial charge in [-0.1, -0.05) is 24.4 Å². The second-order valence-corrected chi connectivity index (χ2v) is 6.06. The van der Waals surface area contributed by atoms with Crippen molar-refractivity contribution in [2.75, 3.05) is 24.2 Å². The van der Waals surface area contributed by atoms with Gasteiger partial charge in [0.15, 0.2) is 0 Å². The zero-order chi connectivity index (χ0) is 13.8. The number of rotatable bonds is 6. The Balaban J connectivity index is 3.05. The SMILES string of the molecule is COCCS(=O)(=O)Nc1cccc(C)c1C(N)=S. The highest BCUT2D eigenvalue weighted by Gasteiger charge is 2.15. The van der Waals surface area contributed by atoms with Gasteiger partial charge < -0.3 is 10.5 Å². The highest BCUT2D eigenvalue weighted by molar-refractivity contribution is 7.92. The van der Waals surface area contributed by atoms with Crippen LogP contribution in [0.2, 0.25) is 0 Å².